The molecule has 8 heteroatoms. The number of nitrogens with zero attached hydrogens (tertiary/aromatic N) is 3. The maximum atomic E-state index is 13.4. The number of aromatic nitrogens is 3. The maximum absolute atomic E-state index is 13.4. The average Bonchev–Trinajstić information content (AvgIpc) is 3.23. The third kappa shape index (κ3) is 3.94. The SMILES string of the molecule is CCc1ccc(C(C)NS(=O)(=O)c2c(C)c(-c3nnc(C4CCC4)o3)n(C)c2C)cc1. The summed E-state index contributed by atoms with van der Waals surface area (Å²) in [4.78, 5) is 0.269. The van der Waals surface area contributed by atoms with Gasteiger partial charge >= 0.3 is 0 Å². The second kappa shape index (κ2) is 8.24. The molecule has 0 saturated heterocycles. The Bertz CT molecular complexity index is 1190. The standard InChI is InChI=1S/C23H30N4O3S/c1-6-17-10-12-18(13-11-17)15(3)26-31(28,29)21-14(2)20(27(5)16(21)4)23-25-24-22(30-23)19-8-7-9-19/h10-13,15,19,26H,6-9H2,1-5H3. The van der Waals surface area contributed by atoms with E-state index in [4.69, 9.17) is 4.42 Å². The molecule has 1 saturated carbocycles. The van der Waals surface area contributed by atoms with Crippen LogP contribution >= 0.6 is 0 Å². The van der Waals surface area contributed by atoms with Crippen LogP contribution in [-0.2, 0) is 23.5 Å². The molecule has 0 radical (unpaired) electrons. The number of hydrogen-bond acceptors (Lipinski definition) is 5. The van der Waals surface area contributed by atoms with Gasteiger partial charge in [-0.15, -0.1) is 10.2 Å². The Balaban J connectivity index is 1.65. The van der Waals surface area contributed by atoms with E-state index in [0.29, 0.717) is 34.7 Å². The quantitative estimate of drug-likeness (QED) is 0.579. The number of benzene rings is 1. The number of hydrogen-bond donors (Lipinski definition) is 1. The highest BCUT2D eigenvalue weighted by Gasteiger charge is 2.31. The van der Waals surface area contributed by atoms with E-state index in [1.807, 2.05) is 42.8 Å². The van der Waals surface area contributed by atoms with Gasteiger partial charge in [0.15, 0.2) is 0 Å². The van der Waals surface area contributed by atoms with Crippen molar-refractivity contribution < 1.29 is 12.8 Å². The van der Waals surface area contributed by atoms with Crippen molar-refractivity contribution in [2.24, 2.45) is 7.05 Å². The number of sulfonamides is 1. The molecule has 1 aliphatic carbocycles. The summed E-state index contributed by atoms with van der Waals surface area (Å²) in [7, 11) is -1.93. The summed E-state index contributed by atoms with van der Waals surface area (Å²) in [6, 6.07) is 7.66. The van der Waals surface area contributed by atoms with Gasteiger partial charge in [-0.2, -0.15) is 0 Å². The molecular weight excluding hydrogens is 412 g/mol. The molecule has 1 N–H and O–H groups in total. The highest BCUT2D eigenvalue weighted by Crippen LogP contribution is 2.38. The van der Waals surface area contributed by atoms with Crippen molar-refractivity contribution in [3.8, 4) is 11.6 Å². The van der Waals surface area contributed by atoms with Crippen LogP contribution in [0.5, 0.6) is 0 Å². The van der Waals surface area contributed by atoms with Crippen molar-refractivity contribution in [2.45, 2.75) is 70.2 Å². The molecule has 4 rings (SSSR count). The molecule has 0 amide bonds. The first-order valence-electron chi connectivity index (χ1n) is 10.8. The van der Waals surface area contributed by atoms with Gasteiger partial charge in [0.05, 0.1) is 0 Å². The molecule has 1 aromatic carbocycles. The fourth-order valence-corrected chi connectivity index (χ4v) is 5.95. The predicted molar refractivity (Wildman–Crippen MR) is 119 cm³/mol. The van der Waals surface area contributed by atoms with Crippen LogP contribution in [0.15, 0.2) is 33.6 Å². The molecule has 1 unspecified atom stereocenters. The molecular formula is C23H30N4O3S. The van der Waals surface area contributed by atoms with E-state index in [0.717, 1.165) is 24.8 Å². The van der Waals surface area contributed by atoms with E-state index in [-0.39, 0.29) is 10.9 Å². The summed E-state index contributed by atoms with van der Waals surface area (Å²) in [6.45, 7) is 7.55. The second-order valence-corrected chi connectivity index (χ2v) is 10.1. The zero-order chi connectivity index (χ0) is 22.3. The van der Waals surface area contributed by atoms with E-state index in [9.17, 15) is 8.42 Å². The lowest BCUT2D eigenvalue weighted by molar-refractivity contribution is 0.337. The number of aryl methyl sites for hydroxylation is 1. The molecule has 2 aromatic heterocycles. The minimum Gasteiger partial charge on any atom is -0.419 e. The van der Waals surface area contributed by atoms with Crippen LogP contribution in [0.1, 0.15) is 73.3 Å². The molecule has 1 fully saturated rings. The highest BCUT2D eigenvalue weighted by molar-refractivity contribution is 7.89. The topological polar surface area (TPSA) is 90.0 Å². The van der Waals surface area contributed by atoms with Crippen molar-refractivity contribution in [3.05, 3.63) is 52.5 Å². The summed E-state index contributed by atoms with van der Waals surface area (Å²) in [5, 5.41) is 8.42. The van der Waals surface area contributed by atoms with Crippen LogP contribution in [-0.4, -0.2) is 23.2 Å². The summed E-state index contributed by atoms with van der Waals surface area (Å²) in [6.07, 6.45) is 4.25. The van der Waals surface area contributed by atoms with Crippen molar-refractivity contribution in [2.75, 3.05) is 0 Å². The normalized spacial score (nSPS) is 15.8. The van der Waals surface area contributed by atoms with Gasteiger partial charge < -0.3 is 8.98 Å². The molecule has 1 atom stereocenters. The van der Waals surface area contributed by atoms with Crippen LogP contribution in [0.2, 0.25) is 0 Å². The van der Waals surface area contributed by atoms with Crippen LogP contribution in [0.3, 0.4) is 0 Å². The lowest BCUT2D eigenvalue weighted by atomic mass is 9.85. The third-order valence-corrected chi connectivity index (χ3v) is 8.25. The zero-order valence-corrected chi connectivity index (χ0v) is 19.6. The predicted octanol–water partition coefficient (Wildman–Crippen LogP) is 4.56. The fraction of sp³-hybridized carbons (Fsp3) is 0.478. The lowest BCUT2D eigenvalue weighted by Crippen LogP contribution is -2.27. The summed E-state index contributed by atoms with van der Waals surface area (Å²) in [5.41, 5.74) is 4.05. The summed E-state index contributed by atoms with van der Waals surface area (Å²) >= 11 is 0. The van der Waals surface area contributed by atoms with E-state index >= 15 is 0 Å². The van der Waals surface area contributed by atoms with Gasteiger partial charge in [0.1, 0.15) is 10.6 Å². The molecule has 3 aromatic rings. The second-order valence-electron chi connectivity index (χ2n) is 8.46. The Morgan fingerprint density at radius 1 is 1.19 bits per heavy atom. The fourth-order valence-electron chi connectivity index (χ4n) is 4.20. The van der Waals surface area contributed by atoms with Crippen molar-refractivity contribution in [3.63, 3.8) is 0 Å². The first-order valence-corrected chi connectivity index (χ1v) is 12.3. The van der Waals surface area contributed by atoms with E-state index in [1.54, 1.807) is 13.8 Å². The maximum Gasteiger partial charge on any atom is 0.264 e. The minimum absolute atomic E-state index is 0.269. The molecule has 2 heterocycles. The van der Waals surface area contributed by atoms with E-state index < -0.39 is 10.0 Å². The van der Waals surface area contributed by atoms with E-state index in [2.05, 4.69) is 21.8 Å². The van der Waals surface area contributed by atoms with Gasteiger partial charge in [-0.05, 0) is 51.2 Å². The zero-order valence-electron chi connectivity index (χ0n) is 18.8. The lowest BCUT2D eigenvalue weighted by Gasteiger charge is -2.20. The van der Waals surface area contributed by atoms with Crippen LogP contribution in [0.25, 0.3) is 11.6 Å². The van der Waals surface area contributed by atoms with E-state index in [1.165, 1.54) is 12.0 Å². The molecule has 0 bridgehead atoms. The van der Waals surface area contributed by atoms with Crippen LogP contribution in [0, 0.1) is 13.8 Å². The molecule has 0 aliphatic heterocycles. The van der Waals surface area contributed by atoms with Crippen LogP contribution < -0.4 is 4.72 Å². The smallest absolute Gasteiger partial charge is 0.264 e. The van der Waals surface area contributed by atoms with Gasteiger partial charge in [-0.3, -0.25) is 0 Å². The first kappa shape index (κ1) is 21.8. The van der Waals surface area contributed by atoms with Gasteiger partial charge in [0, 0.05) is 30.3 Å². The third-order valence-electron chi connectivity index (χ3n) is 6.45. The van der Waals surface area contributed by atoms with Crippen molar-refractivity contribution in [1.29, 1.82) is 0 Å². The highest BCUT2D eigenvalue weighted by atomic mass is 32.2. The van der Waals surface area contributed by atoms with Gasteiger partial charge in [0.2, 0.25) is 15.9 Å². The Kier molecular flexibility index (Phi) is 5.79. The summed E-state index contributed by atoms with van der Waals surface area (Å²) in [5.74, 6) is 1.34. The van der Waals surface area contributed by atoms with Gasteiger partial charge in [-0.1, -0.05) is 37.6 Å². The molecule has 0 spiro atoms. The monoisotopic (exact) mass is 442 g/mol. The summed E-state index contributed by atoms with van der Waals surface area (Å²) < 4.78 is 37.3. The Labute approximate surface area is 183 Å². The average molecular weight is 443 g/mol. The van der Waals surface area contributed by atoms with Crippen molar-refractivity contribution >= 4 is 10.0 Å². The van der Waals surface area contributed by atoms with Gasteiger partial charge in [0.25, 0.3) is 5.89 Å². The molecule has 31 heavy (non-hydrogen) atoms. The molecule has 1 aliphatic rings. The largest absolute Gasteiger partial charge is 0.419 e. The Morgan fingerprint density at radius 2 is 1.87 bits per heavy atom. The number of nitrogens with one attached hydrogen (secondary N) is 1. The first-order chi connectivity index (χ1) is 14.7. The molecule has 166 valence electrons. The number of rotatable bonds is 7. The van der Waals surface area contributed by atoms with Crippen molar-refractivity contribution in [1.82, 2.24) is 19.5 Å². The van der Waals surface area contributed by atoms with Gasteiger partial charge in [-0.25, -0.2) is 13.1 Å². The Morgan fingerprint density at radius 3 is 2.45 bits per heavy atom. The Hall–Kier alpha value is -2.45. The minimum atomic E-state index is -3.76. The van der Waals surface area contributed by atoms with Crippen LogP contribution in [0.4, 0.5) is 0 Å². The molecule has 7 nitrogen and oxygen atoms in total.